The number of para-hydroxylation sites is 1. The Morgan fingerprint density at radius 2 is 1.68 bits per heavy atom. The number of hydroxylamine groups is 2. The summed E-state index contributed by atoms with van der Waals surface area (Å²) in [6.07, 6.45) is 0.200. The van der Waals surface area contributed by atoms with E-state index in [0.717, 1.165) is 38.2 Å². The number of aromatic amines is 1. The molecule has 4 aliphatic heterocycles. The van der Waals surface area contributed by atoms with E-state index in [1.165, 1.54) is 0 Å². The first-order valence-electron chi connectivity index (χ1n) is 19.4. The maximum Gasteiger partial charge on any atom is 0.408 e. The number of hydrogen-bond acceptors (Lipinski definition) is 10. The third-order valence-corrected chi connectivity index (χ3v) is 11.8. The summed E-state index contributed by atoms with van der Waals surface area (Å²) >= 11 is 0. The van der Waals surface area contributed by atoms with Gasteiger partial charge in [-0.1, -0.05) is 24.8 Å². The number of nitrogens with one attached hydrogen (secondary N) is 2. The quantitative estimate of drug-likeness (QED) is 0.131. The van der Waals surface area contributed by atoms with Crippen LogP contribution in [0.15, 0.2) is 66.9 Å². The second-order valence-electron chi connectivity index (χ2n) is 16.8. The van der Waals surface area contributed by atoms with Gasteiger partial charge in [-0.25, -0.2) is 9.59 Å². The summed E-state index contributed by atoms with van der Waals surface area (Å²) in [4.78, 5) is 31.9. The Morgan fingerprint density at radius 1 is 0.965 bits per heavy atom. The van der Waals surface area contributed by atoms with E-state index in [9.17, 15) is 14.8 Å². The Labute approximate surface area is 332 Å². The normalized spacial score (nSPS) is 23.6. The summed E-state index contributed by atoms with van der Waals surface area (Å²) in [5, 5.41) is 17.9. The van der Waals surface area contributed by atoms with Crippen molar-refractivity contribution in [3.63, 3.8) is 0 Å². The summed E-state index contributed by atoms with van der Waals surface area (Å²) in [5.74, 6) is 1.62. The van der Waals surface area contributed by atoms with Crippen molar-refractivity contribution >= 4 is 23.0 Å². The molecule has 4 aromatic rings. The van der Waals surface area contributed by atoms with E-state index in [4.69, 9.17) is 33.2 Å². The molecule has 5 heterocycles. The molecule has 3 aromatic carbocycles. The van der Waals surface area contributed by atoms with Gasteiger partial charge in [0.1, 0.15) is 54.3 Å². The van der Waals surface area contributed by atoms with Crippen molar-refractivity contribution in [1.82, 2.24) is 15.4 Å². The Hall–Kier alpha value is -5.40. The van der Waals surface area contributed by atoms with Crippen molar-refractivity contribution in [3.05, 3.63) is 89.1 Å². The van der Waals surface area contributed by atoms with Crippen molar-refractivity contribution in [2.24, 2.45) is 0 Å². The van der Waals surface area contributed by atoms with Crippen LogP contribution in [0.5, 0.6) is 28.7 Å². The molecule has 2 N–H and O–H groups in total. The molecule has 1 aromatic heterocycles. The summed E-state index contributed by atoms with van der Waals surface area (Å²) in [7, 11) is 3.12. The maximum atomic E-state index is 14.8. The van der Waals surface area contributed by atoms with Crippen LogP contribution in [0, 0.1) is 0 Å². The first kappa shape index (κ1) is 38.5. The minimum absolute atomic E-state index is 0.112. The molecule has 1 saturated heterocycles. The Morgan fingerprint density at radius 3 is 2.40 bits per heavy atom. The molecule has 301 valence electrons. The number of methoxy groups -OCH3 is 2. The highest BCUT2D eigenvalue weighted by atomic mass is 16.6. The molecule has 0 unspecified atom stereocenters. The minimum Gasteiger partial charge on any atom is -0.493 e. The molecule has 1 amide bonds. The monoisotopic (exact) mass is 780 g/mol. The second kappa shape index (κ2) is 14.5. The highest BCUT2D eigenvalue weighted by molar-refractivity contribution is 5.86. The number of carbonyl (C=O) groups is 2. The third kappa shape index (κ3) is 7.01. The van der Waals surface area contributed by atoms with Crippen molar-refractivity contribution in [1.29, 1.82) is 0 Å². The molecule has 5 atom stereocenters. The van der Waals surface area contributed by atoms with Gasteiger partial charge in [0, 0.05) is 76.6 Å². The van der Waals surface area contributed by atoms with E-state index < -0.39 is 53.4 Å². The van der Waals surface area contributed by atoms with Gasteiger partial charge in [-0.2, -0.15) is 0 Å². The lowest BCUT2D eigenvalue weighted by atomic mass is 9.79. The zero-order valence-corrected chi connectivity index (χ0v) is 33.4. The zero-order valence-electron chi connectivity index (χ0n) is 33.4. The molecule has 0 bridgehead atoms. The number of benzene rings is 3. The van der Waals surface area contributed by atoms with Gasteiger partial charge in [-0.05, 0) is 70.0 Å². The topological polar surface area (TPSA) is 150 Å². The molecular formula is C44H50N3O10. The van der Waals surface area contributed by atoms with Crippen molar-refractivity contribution in [2.75, 3.05) is 20.8 Å². The average molecular weight is 781 g/mol. The average Bonchev–Trinajstić information content (AvgIpc) is 3.80. The van der Waals surface area contributed by atoms with E-state index in [1.807, 2.05) is 83.3 Å². The highest BCUT2D eigenvalue weighted by Gasteiger charge is 2.50. The van der Waals surface area contributed by atoms with Crippen LogP contribution >= 0.6 is 0 Å². The van der Waals surface area contributed by atoms with Gasteiger partial charge in [0.2, 0.25) is 0 Å². The predicted octanol–water partition coefficient (Wildman–Crippen LogP) is 7.29. The Kier molecular flexibility index (Phi) is 9.80. The lowest BCUT2D eigenvalue weighted by Crippen LogP contribution is -2.60. The number of ether oxygens (including phenoxy) is 7. The summed E-state index contributed by atoms with van der Waals surface area (Å²) in [6.45, 7) is 13.6. The Balaban J connectivity index is 1.16. The fourth-order valence-electron chi connectivity index (χ4n) is 9.14. The number of esters is 1. The molecule has 0 saturated carbocycles. The molecule has 0 aliphatic carbocycles. The van der Waals surface area contributed by atoms with Gasteiger partial charge < -0.3 is 43.5 Å². The predicted molar refractivity (Wildman–Crippen MR) is 210 cm³/mol. The van der Waals surface area contributed by atoms with Gasteiger partial charge in [-0.3, -0.25) is 0 Å². The minimum atomic E-state index is -1.16. The van der Waals surface area contributed by atoms with E-state index >= 15 is 0 Å². The van der Waals surface area contributed by atoms with Crippen LogP contribution in [0.25, 0.3) is 10.9 Å². The highest BCUT2D eigenvalue weighted by Crippen LogP contribution is 2.55. The molecule has 8 rings (SSSR count). The fraction of sp³-hybridized carbons (Fsp3) is 0.455. The van der Waals surface area contributed by atoms with E-state index in [0.29, 0.717) is 53.6 Å². The van der Waals surface area contributed by atoms with Gasteiger partial charge in [0.15, 0.2) is 11.5 Å². The van der Waals surface area contributed by atoms with E-state index in [-0.39, 0.29) is 19.1 Å². The van der Waals surface area contributed by atoms with Gasteiger partial charge in [0.25, 0.3) is 0 Å². The van der Waals surface area contributed by atoms with Crippen molar-refractivity contribution < 1.29 is 48.0 Å². The lowest BCUT2D eigenvalue weighted by molar-refractivity contribution is -0.298. The number of hydrogen-bond donors (Lipinski definition) is 2. The van der Waals surface area contributed by atoms with Gasteiger partial charge >= 0.3 is 12.1 Å². The molecule has 1 radical (unpaired) electrons. The van der Waals surface area contributed by atoms with E-state index in [2.05, 4.69) is 16.9 Å². The van der Waals surface area contributed by atoms with Crippen molar-refractivity contribution in [3.8, 4) is 28.7 Å². The largest absolute Gasteiger partial charge is 0.493 e. The van der Waals surface area contributed by atoms with Crippen LogP contribution < -0.4 is 29.0 Å². The van der Waals surface area contributed by atoms with Crippen molar-refractivity contribution in [2.45, 2.75) is 108 Å². The number of carbonyl (C=O) groups excluding carboxylic acids is 2. The van der Waals surface area contributed by atoms with Gasteiger partial charge in [0.05, 0.1) is 20.1 Å². The number of fused-ring (bicyclic) bond motifs is 7. The molecule has 4 aliphatic rings. The smallest absolute Gasteiger partial charge is 0.408 e. The first-order valence-corrected chi connectivity index (χ1v) is 19.4. The van der Waals surface area contributed by atoms with Gasteiger partial charge in [-0.15, -0.1) is 10.3 Å². The number of rotatable bonds is 9. The molecule has 57 heavy (non-hydrogen) atoms. The van der Waals surface area contributed by atoms with E-state index in [1.54, 1.807) is 20.3 Å². The fourth-order valence-corrected chi connectivity index (χ4v) is 9.14. The summed E-state index contributed by atoms with van der Waals surface area (Å²) < 4.78 is 43.2. The number of aromatic nitrogens is 1. The van der Waals surface area contributed by atoms with Crippen LogP contribution in [-0.2, 0) is 32.3 Å². The number of amides is 1. The number of piperidine rings is 1. The lowest BCUT2D eigenvalue weighted by Gasteiger charge is -2.49. The molecule has 0 spiro atoms. The Bertz CT molecular complexity index is 2210. The summed E-state index contributed by atoms with van der Waals surface area (Å²) in [5.41, 5.74) is 3.33. The first-order chi connectivity index (χ1) is 27.2. The third-order valence-electron chi connectivity index (χ3n) is 11.8. The van der Waals surface area contributed by atoms with Crippen LogP contribution in [0.3, 0.4) is 0 Å². The number of alkyl carbamates (subject to hydrolysis) is 1. The van der Waals surface area contributed by atoms with Crippen LogP contribution in [0.1, 0.15) is 81.7 Å². The standard InChI is InChI=1S/C44H50N3O10/c1-23(2)33-17-29-32(55-33)14-13-27-39(29)56-37-22-53-34-18-36(52-8)35(51-7)16-28(34)38(37)40(27)57-41(48)31(15-24-21-45-30-12-10-9-11-26(24)30)46-42(49)54-25-19-43(3,4)47(50)44(5,6)20-25/h9-14,16,18,21,25,31,33,37-38,40,45H,1,15,17,19-20,22H2,2-8H3,(H,46,49)/t31-,33+,37+,38-,40+/m0/s1. The second-order valence-corrected chi connectivity index (χ2v) is 16.8. The van der Waals surface area contributed by atoms with Crippen LogP contribution in [-0.4, -0.2) is 78.4 Å². The van der Waals surface area contributed by atoms with Crippen LogP contribution in [0.2, 0.25) is 0 Å². The maximum absolute atomic E-state index is 14.8. The molecule has 1 fully saturated rings. The molecular weight excluding hydrogens is 730 g/mol. The summed E-state index contributed by atoms with van der Waals surface area (Å²) in [6, 6.07) is 14.0. The SMILES string of the molecule is C=C(C)[C@H]1Cc2c(ccc3c2O[C@@H]2COc4cc(OC)c(OC)cc4[C@@H]2[C@@H]3OC(=O)[C@H](Cc2c[nH]c3ccccc23)NC(=O)OC2CC(C)(C)N([O])C(C)(C)C2)O1. The zero-order chi connectivity index (χ0) is 40.4. The number of nitrogens with zero attached hydrogens (tertiary/aromatic N) is 1. The molecule has 13 heteroatoms. The number of H-pyrrole nitrogens is 1. The molecule has 13 nitrogen and oxygen atoms in total. The van der Waals surface area contributed by atoms with Crippen LogP contribution in [0.4, 0.5) is 4.79 Å².